The van der Waals surface area contributed by atoms with Crippen LogP contribution in [0.25, 0.3) is 27.6 Å². The van der Waals surface area contributed by atoms with Crippen molar-refractivity contribution < 1.29 is 39.9 Å². The van der Waals surface area contributed by atoms with Gasteiger partial charge in [0.2, 0.25) is 5.91 Å². The van der Waals surface area contributed by atoms with E-state index in [-0.39, 0.29) is 24.7 Å². The second-order valence-electron chi connectivity index (χ2n) is 16.5. The highest BCUT2D eigenvalue weighted by Gasteiger charge is 2.47. The van der Waals surface area contributed by atoms with Gasteiger partial charge < -0.3 is 35.6 Å². The lowest BCUT2D eigenvalue weighted by atomic mass is 9.78. The number of carbonyl (C=O) groups excluding carboxylic acids is 2. The molecule has 2 aromatic carbocycles. The molecule has 306 valence electrons. The zero-order valence-corrected chi connectivity index (χ0v) is 35.5. The molecular weight excluding hydrogens is 749 g/mol. The first-order valence-electron chi connectivity index (χ1n) is 19.8. The molecule has 6 N–H and O–H groups in total. The third kappa shape index (κ3) is 9.78. The number of aliphatic hydroxyl groups excluding tert-OH is 3. The van der Waals surface area contributed by atoms with Gasteiger partial charge in [-0.05, 0) is 95.7 Å². The van der Waals surface area contributed by atoms with E-state index in [0.717, 1.165) is 10.4 Å². The fourth-order valence-corrected chi connectivity index (χ4v) is 10.5. The van der Waals surface area contributed by atoms with Gasteiger partial charge in [0.15, 0.2) is 0 Å². The average molecular weight is 809 g/mol. The molecule has 2 aliphatic heterocycles. The number of fused-ring (bicyclic) bond motifs is 5. The molecule has 1 amide bonds. The maximum Gasteiger partial charge on any atom is 0.311 e. The Kier molecular flexibility index (Phi) is 14.3. The molecule has 5 rings (SSSR count). The first kappa shape index (κ1) is 44.0. The Bertz CT molecular complexity index is 1870. The molecule has 2 aliphatic rings. The van der Waals surface area contributed by atoms with Gasteiger partial charge in [-0.15, -0.1) is 11.3 Å². The fraction of sp³-hybridized carbons (Fsp3) is 0.545. The van der Waals surface area contributed by atoms with Gasteiger partial charge >= 0.3 is 5.97 Å². The van der Waals surface area contributed by atoms with Crippen LogP contribution in [0.4, 0.5) is 0 Å². The number of aliphatic hydroxyl groups is 5. The van der Waals surface area contributed by atoms with Crippen LogP contribution in [0.2, 0.25) is 0 Å². The molecule has 10 atom stereocenters. The van der Waals surface area contributed by atoms with E-state index in [9.17, 15) is 35.1 Å². The largest absolute Gasteiger partial charge is 0.459 e. The Morgan fingerprint density at radius 3 is 2.39 bits per heavy atom. The molecule has 10 nitrogen and oxygen atoms in total. The third-order valence-electron chi connectivity index (χ3n) is 11.6. The maximum atomic E-state index is 13.2. The lowest BCUT2D eigenvalue weighted by Crippen LogP contribution is -2.59. The minimum absolute atomic E-state index is 0.167. The number of benzene rings is 2. The average Bonchev–Trinajstić information content (AvgIpc) is 3.54. The summed E-state index contributed by atoms with van der Waals surface area (Å²) in [5.41, 5.74) is 1.28. The highest BCUT2D eigenvalue weighted by Crippen LogP contribution is 2.51. The van der Waals surface area contributed by atoms with Gasteiger partial charge in [0.05, 0.1) is 23.7 Å². The number of esters is 1. The molecule has 1 fully saturated rings. The predicted octanol–water partition coefficient (Wildman–Crippen LogP) is 6.28. The molecule has 3 heterocycles. The van der Waals surface area contributed by atoms with Crippen molar-refractivity contribution in [3.05, 3.63) is 65.0 Å². The van der Waals surface area contributed by atoms with Crippen molar-refractivity contribution in [1.82, 2.24) is 10.2 Å². The van der Waals surface area contributed by atoms with E-state index in [4.69, 9.17) is 4.74 Å². The van der Waals surface area contributed by atoms with Gasteiger partial charge in [0.1, 0.15) is 17.8 Å². The van der Waals surface area contributed by atoms with Crippen LogP contribution in [0, 0.1) is 24.7 Å². The summed E-state index contributed by atoms with van der Waals surface area (Å²) in [6.45, 7) is 14.8. The van der Waals surface area contributed by atoms with Crippen LogP contribution in [0.15, 0.2) is 64.4 Å². The molecule has 0 aliphatic carbocycles. The van der Waals surface area contributed by atoms with Crippen LogP contribution in [0.1, 0.15) is 78.2 Å². The molecule has 56 heavy (non-hydrogen) atoms. The van der Waals surface area contributed by atoms with Crippen LogP contribution >= 0.6 is 23.1 Å². The first-order valence-corrected chi connectivity index (χ1v) is 21.4. The third-order valence-corrected chi connectivity index (χ3v) is 13.9. The van der Waals surface area contributed by atoms with E-state index in [1.165, 1.54) is 52.1 Å². The summed E-state index contributed by atoms with van der Waals surface area (Å²) in [7, 11) is 0. The zero-order valence-electron chi connectivity index (χ0n) is 33.9. The van der Waals surface area contributed by atoms with E-state index < -0.39 is 59.5 Å². The SMILES string of the molecule is CC[C@H]1OC(=O)[C@H](C)[C@@H](O)[C@H](C)[C@@H](O)[C@](C)(O)C[C@@H](C)CN(CCCNC(=O)/C=C/c2cc3c(s2)-c2cc(C)ccc2Sc2ccccc2-3)[C@H](C)[C@@H](O)[C@]1(C)O. The van der Waals surface area contributed by atoms with Crippen molar-refractivity contribution in [3.8, 4) is 21.6 Å². The summed E-state index contributed by atoms with van der Waals surface area (Å²) in [6.07, 6.45) is -0.785. The number of hydrogen-bond acceptors (Lipinski definition) is 11. The normalized spacial score (nSPS) is 32.0. The van der Waals surface area contributed by atoms with Crippen molar-refractivity contribution in [2.45, 2.75) is 126 Å². The Hall–Kier alpha value is -3.07. The second kappa shape index (κ2) is 18.2. The van der Waals surface area contributed by atoms with Gasteiger partial charge in [0.25, 0.3) is 0 Å². The lowest BCUT2D eigenvalue weighted by molar-refractivity contribution is -0.193. The molecule has 0 spiro atoms. The van der Waals surface area contributed by atoms with E-state index in [1.807, 2.05) is 17.9 Å². The maximum absolute atomic E-state index is 13.2. The quantitative estimate of drug-likeness (QED) is 0.0713. The van der Waals surface area contributed by atoms with Gasteiger partial charge in [0, 0.05) is 68.3 Å². The number of nitrogens with zero attached hydrogens (tertiary/aromatic N) is 1. The Labute approximate surface area is 340 Å². The van der Waals surface area contributed by atoms with E-state index >= 15 is 0 Å². The van der Waals surface area contributed by atoms with Gasteiger partial charge in [-0.25, -0.2) is 0 Å². The second-order valence-corrected chi connectivity index (χ2v) is 18.6. The monoisotopic (exact) mass is 808 g/mol. The van der Waals surface area contributed by atoms with E-state index in [0.29, 0.717) is 26.1 Å². The molecule has 12 heteroatoms. The number of aryl methyl sites for hydroxylation is 1. The Morgan fingerprint density at radius 1 is 0.982 bits per heavy atom. The number of amides is 1. The highest BCUT2D eigenvalue weighted by atomic mass is 32.2. The van der Waals surface area contributed by atoms with E-state index in [1.54, 1.807) is 49.9 Å². The van der Waals surface area contributed by atoms with Crippen LogP contribution < -0.4 is 5.32 Å². The van der Waals surface area contributed by atoms with Crippen LogP contribution in [-0.2, 0) is 14.3 Å². The Morgan fingerprint density at radius 2 is 1.68 bits per heavy atom. The van der Waals surface area contributed by atoms with Crippen molar-refractivity contribution in [2.75, 3.05) is 19.6 Å². The van der Waals surface area contributed by atoms with Crippen LogP contribution in [0.3, 0.4) is 0 Å². The molecule has 0 saturated carbocycles. The molecule has 0 unspecified atom stereocenters. The van der Waals surface area contributed by atoms with Gasteiger partial charge in [-0.1, -0.05) is 62.4 Å². The number of cyclic esters (lactones) is 1. The predicted molar refractivity (Wildman–Crippen MR) is 223 cm³/mol. The van der Waals surface area contributed by atoms with Crippen molar-refractivity contribution in [2.24, 2.45) is 17.8 Å². The smallest absolute Gasteiger partial charge is 0.311 e. The topological polar surface area (TPSA) is 160 Å². The van der Waals surface area contributed by atoms with Gasteiger partial charge in [-0.3, -0.25) is 14.5 Å². The molecule has 1 aromatic heterocycles. The number of rotatable bonds is 7. The fourth-order valence-electron chi connectivity index (χ4n) is 8.25. The summed E-state index contributed by atoms with van der Waals surface area (Å²) >= 11 is 3.44. The number of ether oxygens (including phenoxy) is 1. The molecular formula is C44H60N2O8S2. The number of carbonyl (C=O) groups is 2. The minimum atomic E-state index is -1.84. The molecule has 0 bridgehead atoms. The minimum Gasteiger partial charge on any atom is -0.459 e. The summed E-state index contributed by atoms with van der Waals surface area (Å²) in [5.74, 6) is -3.11. The van der Waals surface area contributed by atoms with E-state index in [2.05, 4.69) is 60.8 Å². The summed E-state index contributed by atoms with van der Waals surface area (Å²) < 4.78 is 5.70. The number of thiophene rings is 1. The highest BCUT2D eigenvalue weighted by molar-refractivity contribution is 7.99. The van der Waals surface area contributed by atoms with Gasteiger partial charge in [-0.2, -0.15) is 0 Å². The summed E-state index contributed by atoms with van der Waals surface area (Å²) in [4.78, 5) is 32.8. The first-order chi connectivity index (χ1) is 26.3. The summed E-state index contributed by atoms with van der Waals surface area (Å²) in [5, 5.41) is 59.9. The van der Waals surface area contributed by atoms with Crippen LogP contribution in [-0.4, -0.2) is 104 Å². The summed E-state index contributed by atoms with van der Waals surface area (Å²) in [6, 6.07) is 16.5. The van der Waals surface area contributed by atoms with Crippen molar-refractivity contribution in [1.29, 1.82) is 0 Å². The standard InChI is InChI=1S/C44H60N2O8S2/c1-9-36-44(8,53)41(50)29(6)46(24-26(3)23-43(7,52)40(49)27(4)38(48)28(5)42(51)54-36)20-12-19-45-37(47)18-16-30-22-32-31-13-10-11-14-34(31)56-35-17-15-25(2)21-33(35)39(32)55-30/h10-11,13-18,21-22,26-29,36,38,40-41,48-50,52-53H,9,12,19-20,23-24H2,1-8H3,(H,45,47)/b18-16+/t26-,27+,28-,29-,36-,38+,40-,41-,43-,44-/m1/s1. The molecule has 3 aromatic rings. The molecule has 1 saturated heterocycles. The van der Waals surface area contributed by atoms with Crippen LogP contribution in [0.5, 0.6) is 0 Å². The zero-order chi connectivity index (χ0) is 41.1. The van der Waals surface area contributed by atoms with Crippen molar-refractivity contribution in [3.63, 3.8) is 0 Å². The molecule has 0 radical (unpaired) electrons. The number of hydrogen-bond donors (Lipinski definition) is 6. The number of nitrogens with one attached hydrogen (secondary N) is 1. The lowest BCUT2D eigenvalue weighted by Gasteiger charge is -2.43. The Balaban J connectivity index is 1.29. The van der Waals surface area contributed by atoms with Crippen molar-refractivity contribution >= 4 is 41.1 Å².